The number of hydrogen-bond acceptors (Lipinski definition) is 6. The third kappa shape index (κ3) is 15.0. The number of phosphoric acid groups is 1. The second kappa shape index (κ2) is 9.06. The van der Waals surface area contributed by atoms with Gasteiger partial charge in [-0.1, -0.05) is 0 Å². The van der Waals surface area contributed by atoms with Crippen molar-refractivity contribution < 1.29 is 54.0 Å². The Kier molecular flexibility index (Phi) is 8.68. The van der Waals surface area contributed by atoms with Crippen molar-refractivity contribution in [2.45, 2.75) is 38.7 Å². The van der Waals surface area contributed by atoms with Gasteiger partial charge in [0.2, 0.25) is 0 Å². The Bertz CT molecular complexity index is 453. The van der Waals surface area contributed by atoms with Crippen LogP contribution >= 0.6 is 7.82 Å². The lowest BCUT2D eigenvalue weighted by Gasteiger charge is -2.21. The number of ether oxygens (including phenoxy) is 1. The minimum Gasteiger partial charge on any atom is -0.444 e. The molecule has 0 aliphatic heterocycles. The molecule has 1 N–H and O–H groups in total. The first kappa shape index (κ1) is 24.0. The van der Waals surface area contributed by atoms with E-state index in [1.54, 1.807) is 20.8 Å². The number of hydrogen-bond donors (Lipinski definition) is 1. The van der Waals surface area contributed by atoms with Crippen molar-refractivity contribution in [1.29, 1.82) is 0 Å². The number of amides is 1. The van der Waals surface area contributed by atoms with Crippen molar-refractivity contribution in [2.24, 2.45) is 0 Å². The van der Waals surface area contributed by atoms with E-state index in [0.717, 1.165) is 0 Å². The van der Waals surface area contributed by atoms with E-state index in [0.29, 0.717) is 0 Å². The van der Waals surface area contributed by atoms with E-state index in [-0.39, 0.29) is 0 Å². The van der Waals surface area contributed by atoms with Crippen LogP contribution in [0, 0.1) is 0 Å². The highest BCUT2D eigenvalue weighted by molar-refractivity contribution is 7.48. The molecular formula is C11H18F6NO6P. The standard InChI is InChI=1S/C11H18F6NO6P/c1-9(2,3)24-8(19)18-4-5-21-25(20,22-6-10(12,13)14)23-7-11(15,16)17/h4-7H2,1-3H3,(H,18,19). The van der Waals surface area contributed by atoms with Gasteiger partial charge in [-0.2, -0.15) is 26.3 Å². The quantitative estimate of drug-likeness (QED) is 0.376. The molecule has 0 fully saturated rings. The van der Waals surface area contributed by atoms with E-state index >= 15 is 0 Å². The number of phosphoric ester groups is 1. The van der Waals surface area contributed by atoms with Crippen LogP contribution < -0.4 is 5.32 Å². The van der Waals surface area contributed by atoms with Crippen LogP contribution in [0.3, 0.4) is 0 Å². The molecule has 7 nitrogen and oxygen atoms in total. The van der Waals surface area contributed by atoms with Crippen molar-refractivity contribution in [3.05, 3.63) is 0 Å². The molecule has 0 aromatic heterocycles. The Morgan fingerprint density at radius 2 is 1.36 bits per heavy atom. The predicted octanol–water partition coefficient (Wildman–Crippen LogP) is 3.79. The molecule has 150 valence electrons. The molecule has 0 radical (unpaired) electrons. The van der Waals surface area contributed by atoms with Gasteiger partial charge in [0.15, 0.2) is 13.2 Å². The highest BCUT2D eigenvalue weighted by Crippen LogP contribution is 2.51. The first-order valence-electron chi connectivity index (χ1n) is 6.65. The van der Waals surface area contributed by atoms with Gasteiger partial charge in [-0.25, -0.2) is 9.36 Å². The summed E-state index contributed by atoms with van der Waals surface area (Å²) in [6.45, 7) is -0.757. The van der Waals surface area contributed by atoms with Gasteiger partial charge in [0.1, 0.15) is 5.60 Å². The minimum atomic E-state index is -5.15. The molecule has 0 unspecified atom stereocenters. The Hall–Kier alpha value is -1.04. The zero-order valence-electron chi connectivity index (χ0n) is 13.5. The fourth-order valence-electron chi connectivity index (χ4n) is 1.04. The van der Waals surface area contributed by atoms with Gasteiger partial charge in [0, 0.05) is 6.54 Å². The topological polar surface area (TPSA) is 83.1 Å². The molecule has 0 saturated carbocycles. The maximum atomic E-state index is 12.1. The number of carbonyl (C=O) groups is 1. The highest BCUT2D eigenvalue weighted by Gasteiger charge is 2.39. The number of alkyl carbamates (subject to hydrolysis) is 1. The second-order valence-electron chi connectivity index (χ2n) is 5.49. The van der Waals surface area contributed by atoms with Crippen molar-refractivity contribution >= 4 is 13.9 Å². The maximum Gasteiger partial charge on any atom is 0.475 e. The molecule has 0 heterocycles. The summed E-state index contributed by atoms with van der Waals surface area (Å²) in [6.07, 6.45) is -10.8. The van der Waals surface area contributed by atoms with E-state index in [4.69, 9.17) is 4.74 Å². The summed E-state index contributed by atoms with van der Waals surface area (Å²) in [5, 5.41) is 2.09. The van der Waals surface area contributed by atoms with Crippen LogP contribution in [0.15, 0.2) is 0 Å². The van der Waals surface area contributed by atoms with Crippen molar-refractivity contribution in [3.8, 4) is 0 Å². The van der Waals surface area contributed by atoms with E-state index in [1.807, 2.05) is 0 Å². The Morgan fingerprint density at radius 3 is 1.72 bits per heavy atom. The maximum absolute atomic E-state index is 12.1. The number of halogens is 6. The lowest BCUT2D eigenvalue weighted by molar-refractivity contribution is -0.170. The molecule has 25 heavy (non-hydrogen) atoms. The van der Waals surface area contributed by atoms with Gasteiger partial charge < -0.3 is 10.1 Å². The van der Waals surface area contributed by atoms with E-state index in [2.05, 4.69) is 18.9 Å². The second-order valence-corrected chi connectivity index (χ2v) is 7.16. The smallest absolute Gasteiger partial charge is 0.444 e. The third-order valence-electron chi connectivity index (χ3n) is 1.79. The fraction of sp³-hybridized carbons (Fsp3) is 0.909. The molecule has 0 aromatic rings. The van der Waals surface area contributed by atoms with Gasteiger partial charge >= 0.3 is 26.3 Å². The summed E-state index contributed by atoms with van der Waals surface area (Å²) in [6, 6.07) is 0. The van der Waals surface area contributed by atoms with Gasteiger partial charge in [0.05, 0.1) is 6.61 Å². The zero-order valence-corrected chi connectivity index (χ0v) is 14.4. The summed E-state index contributed by atoms with van der Waals surface area (Å²) >= 11 is 0. The van der Waals surface area contributed by atoms with Crippen LogP contribution in [0.4, 0.5) is 31.1 Å². The molecule has 0 bridgehead atoms. The lowest BCUT2D eigenvalue weighted by Crippen LogP contribution is -2.34. The molecule has 0 saturated heterocycles. The molecule has 0 aliphatic rings. The molecule has 0 atom stereocenters. The largest absolute Gasteiger partial charge is 0.475 e. The Morgan fingerprint density at radius 1 is 0.920 bits per heavy atom. The van der Waals surface area contributed by atoms with Crippen molar-refractivity contribution in [1.82, 2.24) is 5.32 Å². The lowest BCUT2D eigenvalue weighted by atomic mass is 10.2. The van der Waals surface area contributed by atoms with Crippen LogP contribution in [0.2, 0.25) is 0 Å². The first-order valence-corrected chi connectivity index (χ1v) is 8.11. The average molecular weight is 405 g/mol. The molecule has 0 spiro atoms. The van der Waals surface area contributed by atoms with Crippen LogP contribution in [0.25, 0.3) is 0 Å². The van der Waals surface area contributed by atoms with Crippen LogP contribution in [-0.2, 0) is 22.9 Å². The van der Waals surface area contributed by atoms with Gasteiger partial charge in [-0.05, 0) is 20.8 Å². The number of alkyl halides is 6. The fourth-order valence-corrected chi connectivity index (χ4v) is 2.19. The number of rotatable bonds is 8. The summed E-state index contributed by atoms with van der Waals surface area (Å²) in [4.78, 5) is 11.3. The van der Waals surface area contributed by atoms with Crippen molar-refractivity contribution in [2.75, 3.05) is 26.4 Å². The zero-order chi connectivity index (χ0) is 19.9. The average Bonchev–Trinajstić information content (AvgIpc) is 2.36. The number of nitrogens with one attached hydrogen (secondary N) is 1. The molecule has 1 amide bonds. The molecule has 0 rings (SSSR count). The summed E-state index contributed by atoms with van der Waals surface area (Å²) in [5.41, 5.74) is -0.828. The third-order valence-corrected chi connectivity index (χ3v) is 3.18. The Labute approximate surface area is 139 Å². The van der Waals surface area contributed by atoms with E-state index in [1.165, 1.54) is 0 Å². The minimum absolute atomic E-state index is 0.427. The van der Waals surface area contributed by atoms with Crippen LogP contribution in [0.5, 0.6) is 0 Å². The van der Waals surface area contributed by atoms with Crippen LogP contribution in [0.1, 0.15) is 20.8 Å². The summed E-state index contributed by atoms with van der Waals surface area (Å²) in [5.74, 6) is 0. The summed E-state index contributed by atoms with van der Waals surface area (Å²) in [7, 11) is -5.15. The number of carbonyl (C=O) groups excluding carboxylic acids is 1. The first-order chi connectivity index (χ1) is 11.0. The Balaban J connectivity index is 4.52. The van der Waals surface area contributed by atoms with Crippen LogP contribution in [-0.4, -0.2) is 50.4 Å². The monoisotopic (exact) mass is 405 g/mol. The normalized spacial score (nSPS) is 13.6. The van der Waals surface area contributed by atoms with E-state index < -0.39 is 58.2 Å². The van der Waals surface area contributed by atoms with Gasteiger partial charge in [-0.3, -0.25) is 13.6 Å². The summed E-state index contributed by atoms with van der Waals surface area (Å²) < 4.78 is 101. The van der Waals surface area contributed by atoms with E-state index in [9.17, 15) is 35.7 Å². The molecule has 14 heteroatoms. The van der Waals surface area contributed by atoms with Gasteiger partial charge in [0.25, 0.3) is 0 Å². The molecule has 0 aromatic carbocycles. The molecular weight excluding hydrogens is 387 g/mol. The molecule has 0 aliphatic carbocycles. The van der Waals surface area contributed by atoms with Crippen molar-refractivity contribution in [3.63, 3.8) is 0 Å². The highest BCUT2D eigenvalue weighted by atomic mass is 31.2. The van der Waals surface area contributed by atoms with Gasteiger partial charge in [-0.15, -0.1) is 0 Å². The SMILES string of the molecule is CC(C)(C)OC(=O)NCCOP(=O)(OCC(F)(F)F)OCC(F)(F)F. The predicted molar refractivity (Wildman–Crippen MR) is 71.8 cm³/mol.